The van der Waals surface area contributed by atoms with E-state index in [1.807, 2.05) is 61.5 Å². The molecule has 6 heteroatoms. The number of aryl methyl sites for hydroxylation is 1. The minimum absolute atomic E-state index is 0.229. The van der Waals surface area contributed by atoms with Gasteiger partial charge in [0.05, 0.1) is 24.1 Å². The molecule has 0 atom stereocenters. The second-order valence-electron chi connectivity index (χ2n) is 6.75. The highest BCUT2D eigenvalue weighted by Crippen LogP contribution is 2.27. The number of nitrogens with one attached hydrogen (secondary N) is 1. The van der Waals surface area contributed by atoms with Crippen molar-refractivity contribution in [2.24, 2.45) is 0 Å². The van der Waals surface area contributed by atoms with Crippen LogP contribution in [0.5, 0.6) is 5.75 Å². The first-order valence-corrected chi connectivity index (χ1v) is 9.44. The van der Waals surface area contributed by atoms with Gasteiger partial charge in [0.15, 0.2) is 0 Å². The zero-order chi connectivity index (χ0) is 20.9. The fourth-order valence-corrected chi connectivity index (χ4v) is 2.96. The summed E-state index contributed by atoms with van der Waals surface area (Å²) >= 11 is 0. The first-order valence-electron chi connectivity index (χ1n) is 9.44. The molecule has 148 valence electrons. The number of rotatable bonds is 5. The van der Waals surface area contributed by atoms with Crippen LogP contribution in [-0.2, 0) is 0 Å². The Morgan fingerprint density at radius 1 is 0.900 bits per heavy atom. The van der Waals surface area contributed by atoms with Crippen LogP contribution in [0.25, 0.3) is 22.5 Å². The summed E-state index contributed by atoms with van der Waals surface area (Å²) in [6.45, 7) is 2.03. The van der Waals surface area contributed by atoms with Crippen LogP contribution in [0, 0.1) is 6.92 Å². The Hall–Kier alpha value is -4.06. The number of carbonyl (C=O) groups is 1. The van der Waals surface area contributed by atoms with E-state index in [1.165, 1.54) is 6.20 Å². The van der Waals surface area contributed by atoms with Crippen LogP contribution >= 0.6 is 0 Å². The van der Waals surface area contributed by atoms with Gasteiger partial charge in [0.2, 0.25) is 5.95 Å². The number of amides is 1. The molecule has 4 aromatic rings. The molecule has 0 saturated heterocycles. The Labute approximate surface area is 174 Å². The van der Waals surface area contributed by atoms with E-state index in [1.54, 1.807) is 25.4 Å². The number of ether oxygens (including phenoxy) is 1. The standard InChI is InChI=1S/C24H20N4O2/c1-16-5-7-17(8-6-16)21-14-22(18-9-11-20(30-2)12-10-18)27-24(26-21)28-23(29)19-4-3-13-25-15-19/h3-15H,1-2H3,(H,26,27,28,29). The van der Waals surface area contributed by atoms with Crippen molar-refractivity contribution < 1.29 is 9.53 Å². The maximum absolute atomic E-state index is 12.6. The monoisotopic (exact) mass is 396 g/mol. The van der Waals surface area contributed by atoms with Crippen molar-refractivity contribution in [3.63, 3.8) is 0 Å². The topological polar surface area (TPSA) is 77.0 Å². The summed E-state index contributed by atoms with van der Waals surface area (Å²) in [5, 5.41) is 2.79. The third-order valence-electron chi connectivity index (χ3n) is 4.61. The summed E-state index contributed by atoms with van der Waals surface area (Å²) in [4.78, 5) is 25.7. The molecule has 0 bridgehead atoms. The smallest absolute Gasteiger partial charge is 0.259 e. The lowest BCUT2D eigenvalue weighted by Gasteiger charge is -2.10. The molecule has 1 N–H and O–H groups in total. The lowest BCUT2D eigenvalue weighted by atomic mass is 10.1. The molecule has 0 spiro atoms. The number of hydrogen-bond acceptors (Lipinski definition) is 5. The van der Waals surface area contributed by atoms with Gasteiger partial charge in [0, 0.05) is 23.5 Å². The van der Waals surface area contributed by atoms with E-state index in [-0.39, 0.29) is 11.9 Å². The number of benzene rings is 2. The summed E-state index contributed by atoms with van der Waals surface area (Å²) in [5.74, 6) is 0.675. The summed E-state index contributed by atoms with van der Waals surface area (Å²) in [6, 6.07) is 21.0. The first kappa shape index (κ1) is 19.3. The molecular weight excluding hydrogens is 376 g/mol. The molecule has 0 radical (unpaired) electrons. The number of nitrogens with zero attached hydrogens (tertiary/aromatic N) is 3. The normalized spacial score (nSPS) is 10.5. The molecule has 2 aromatic carbocycles. The third-order valence-corrected chi connectivity index (χ3v) is 4.61. The van der Waals surface area contributed by atoms with Gasteiger partial charge >= 0.3 is 0 Å². The SMILES string of the molecule is COc1ccc(-c2cc(-c3ccc(C)cc3)nc(NC(=O)c3cccnc3)n2)cc1. The molecule has 4 rings (SSSR count). The van der Waals surface area contributed by atoms with Gasteiger partial charge in [-0.05, 0) is 49.4 Å². The van der Waals surface area contributed by atoms with Crippen LogP contribution in [0.1, 0.15) is 15.9 Å². The van der Waals surface area contributed by atoms with Crippen molar-refractivity contribution in [2.75, 3.05) is 12.4 Å². The molecule has 1 amide bonds. The summed E-state index contributed by atoms with van der Waals surface area (Å²) in [5.41, 5.74) is 4.85. The molecule has 30 heavy (non-hydrogen) atoms. The molecule has 0 saturated carbocycles. The molecule has 6 nitrogen and oxygen atoms in total. The number of anilines is 1. The van der Waals surface area contributed by atoms with Crippen LogP contribution in [0.2, 0.25) is 0 Å². The van der Waals surface area contributed by atoms with Crippen LogP contribution in [0.3, 0.4) is 0 Å². The maximum Gasteiger partial charge on any atom is 0.259 e. The fourth-order valence-electron chi connectivity index (χ4n) is 2.96. The van der Waals surface area contributed by atoms with Crippen molar-refractivity contribution in [3.8, 4) is 28.3 Å². The van der Waals surface area contributed by atoms with E-state index in [0.29, 0.717) is 11.3 Å². The van der Waals surface area contributed by atoms with Crippen LogP contribution in [-0.4, -0.2) is 28.0 Å². The number of hydrogen-bond donors (Lipinski definition) is 1. The molecule has 0 aliphatic heterocycles. The molecule has 0 aliphatic carbocycles. The number of carbonyl (C=O) groups excluding carboxylic acids is 1. The van der Waals surface area contributed by atoms with E-state index < -0.39 is 0 Å². The van der Waals surface area contributed by atoms with Gasteiger partial charge in [-0.15, -0.1) is 0 Å². The average Bonchev–Trinajstić information content (AvgIpc) is 2.80. The van der Waals surface area contributed by atoms with E-state index >= 15 is 0 Å². The van der Waals surface area contributed by atoms with Crippen LogP contribution in [0.15, 0.2) is 79.1 Å². The van der Waals surface area contributed by atoms with E-state index in [9.17, 15) is 4.79 Å². The van der Waals surface area contributed by atoms with Crippen LogP contribution in [0.4, 0.5) is 5.95 Å². The summed E-state index contributed by atoms with van der Waals surface area (Å²) in [7, 11) is 1.63. The van der Waals surface area contributed by atoms with Gasteiger partial charge in [-0.25, -0.2) is 9.97 Å². The molecule has 0 aliphatic rings. The Morgan fingerprint density at radius 3 is 2.10 bits per heavy atom. The third kappa shape index (κ3) is 4.33. The van der Waals surface area contributed by atoms with Crippen molar-refractivity contribution in [1.29, 1.82) is 0 Å². The van der Waals surface area contributed by atoms with Gasteiger partial charge in [-0.3, -0.25) is 15.1 Å². The maximum atomic E-state index is 12.6. The van der Waals surface area contributed by atoms with Crippen molar-refractivity contribution in [2.45, 2.75) is 6.92 Å². The fraction of sp³-hybridized carbons (Fsp3) is 0.0833. The number of pyridine rings is 1. The van der Waals surface area contributed by atoms with Gasteiger partial charge in [-0.1, -0.05) is 29.8 Å². The Kier molecular flexibility index (Phi) is 5.48. The molecule has 0 fully saturated rings. The van der Waals surface area contributed by atoms with E-state index in [2.05, 4.69) is 20.3 Å². The predicted octanol–water partition coefficient (Wildman–Crippen LogP) is 4.77. The highest BCUT2D eigenvalue weighted by molar-refractivity contribution is 6.03. The number of aromatic nitrogens is 3. The Balaban J connectivity index is 1.75. The van der Waals surface area contributed by atoms with Gasteiger partial charge < -0.3 is 4.74 Å². The quantitative estimate of drug-likeness (QED) is 0.526. The van der Waals surface area contributed by atoms with Crippen molar-refractivity contribution in [3.05, 3.63) is 90.3 Å². The predicted molar refractivity (Wildman–Crippen MR) is 116 cm³/mol. The number of methoxy groups -OCH3 is 1. The van der Waals surface area contributed by atoms with Gasteiger partial charge in [-0.2, -0.15) is 0 Å². The Bertz CT molecular complexity index is 1160. The first-order chi connectivity index (χ1) is 14.6. The van der Waals surface area contributed by atoms with E-state index in [0.717, 1.165) is 28.1 Å². The highest BCUT2D eigenvalue weighted by Gasteiger charge is 2.13. The molecule has 0 unspecified atom stereocenters. The molecule has 2 aromatic heterocycles. The zero-order valence-corrected chi connectivity index (χ0v) is 16.7. The zero-order valence-electron chi connectivity index (χ0n) is 16.7. The van der Waals surface area contributed by atoms with Crippen LogP contribution < -0.4 is 10.1 Å². The molecular formula is C24H20N4O2. The average molecular weight is 396 g/mol. The minimum atomic E-state index is -0.315. The van der Waals surface area contributed by atoms with E-state index in [4.69, 9.17) is 4.74 Å². The lowest BCUT2D eigenvalue weighted by molar-refractivity contribution is 0.102. The minimum Gasteiger partial charge on any atom is -0.497 e. The summed E-state index contributed by atoms with van der Waals surface area (Å²) < 4.78 is 5.24. The van der Waals surface area contributed by atoms with Crippen molar-refractivity contribution in [1.82, 2.24) is 15.0 Å². The van der Waals surface area contributed by atoms with Crippen molar-refractivity contribution >= 4 is 11.9 Å². The van der Waals surface area contributed by atoms with Gasteiger partial charge in [0.1, 0.15) is 5.75 Å². The van der Waals surface area contributed by atoms with Gasteiger partial charge in [0.25, 0.3) is 5.91 Å². The highest BCUT2D eigenvalue weighted by atomic mass is 16.5. The Morgan fingerprint density at radius 2 is 1.53 bits per heavy atom. The summed E-state index contributed by atoms with van der Waals surface area (Å²) in [6.07, 6.45) is 3.12. The second-order valence-corrected chi connectivity index (χ2v) is 6.75. The molecule has 2 heterocycles. The second kappa shape index (κ2) is 8.53. The largest absolute Gasteiger partial charge is 0.497 e. The lowest BCUT2D eigenvalue weighted by Crippen LogP contribution is -2.15.